The summed E-state index contributed by atoms with van der Waals surface area (Å²) >= 11 is 0. The van der Waals surface area contributed by atoms with E-state index in [1.807, 2.05) is 35.6 Å². The van der Waals surface area contributed by atoms with Crippen LogP contribution in [0.2, 0.25) is 0 Å². The number of rotatable bonds is 4. The summed E-state index contributed by atoms with van der Waals surface area (Å²) in [6.07, 6.45) is 0. The highest BCUT2D eigenvalue weighted by Gasteiger charge is 2.29. The molecule has 0 fully saturated rings. The Labute approximate surface area is 183 Å². The molecule has 0 atom stereocenters. The van der Waals surface area contributed by atoms with Crippen LogP contribution in [0, 0.1) is 29.1 Å². The fourth-order valence-corrected chi connectivity index (χ4v) is 3.23. The Bertz CT molecular complexity index is 1370. The lowest BCUT2D eigenvalue weighted by Gasteiger charge is -2.11. The molecular weight excluding hydrogens is 443 g/mol. The van der Waals surface area contributed by atoms with E-state index in [2.05, 4.69) is 5.32 Å². The van der Waals surface area contributed by atoms with Gasteiger partial charge in [-0.05, 0) is 35.7 Å². The Kier molecular flexibility index (Phi) is 5.78. The second-order valence-corrected chi connectivity index (χ2v) is 6.96. The molecule has 4 aromatic carbocycles. The Hall–Kier alpha value is -4.27. The predicted octanol–water partition coefficient (Wildman–Crippen LogP) is 6.04. The van der Waals surface area contributed by atoms with Crippen LogP contribution in [0.15, 0.2) is 66.7 Å². The van der Waals surface area contributed by atoms with Gasteiger partial charge in [0, 0.05) is 22.3 Å². The first-order valence-electron chi connectivity index (χ1n) is 9.50. The fraction of sp³-hybridized carbons (Fsp3) is 0. The molecule has 0 aromatic heterocycles. The van der Waals surface area contributed by atoms with Crippen molar-refractivity contribution in [3.8, 4) is 0 Å². The minimum atomic E-state index is -2.36. The summed E-state index contributed by atoms with van der Waals surface area (Å²) < 4.78 is 67.4. The summed E-state index contributed by atoms with van der Waals surface area (Å²) in [6.45, 7) is 0. The molecule has 4 rings (SSSR count). The molecule has 2 amide bonds. The standard InChI is InChI=1S/C24H13F5N2O2/c25-18-17(19(26)21(28)22(29)20(18)27)24(33)30-14-10-8-13(9-11-14)23(32)31-16-7-3-5-12-4-1-2-6-15(12)16/h1-11H,(H,30,33)(H,31,32). The maximum atomic E-state index is 13.8. The largest absolute Gasteiger partial charge is 0.322 e. The van der Waals surface area contributed by atoms with Gasteiger partial charge in [-0.15, -0.1) is 0 Å². The van der Waals surface area contributed by atoms with E-state index in [1.165, 1.54) is 24.3 Å². The molecule has 0 aliphatic carbocycles. The van der Waals surface area contributed by atoms with Gasteiger partial charge in [0.15, 0.2) is 23.3 Å². The summed E-state index contributed by atoms with van der Waals surface area (Å²) in [5.74, 6) is -13.3. The molecule has 0 unspecified atom stereocenters. The Balaban J connectivity index is 1.52. The number of carbonyl (C=O) groups excluding carboxylic acids is 2. The number of fused-ring (bicyclic) bond motifs is 1. The van der Waals surface area contributed by atoms with Gasteiger partial charge in [-0.25, -0.2) is 22.0 Å². The van der Waals surface area contributed by atoms with Crippen molar-refractivity contribution >= 4 is 34.0 Å². The molecule has 2 N–H and O–H groups in total. The molecule has 0 aliphatic rings. The highest BCUT2D eigenvalue weighted by Crippen LogP contribution is 2.25. The normalized spacial score (nSPS) is 10.8. The first kappa shape index (κ1) is 21.9. The molecule has 4 nitrogen and oxygen atoms in total. The van der Waals surface area contributed by atoms with E-state index in [1.54, 1.807) is 12.1 Å². The van der Waals surface area contributed by atoms with E-state index in [0.717, 1.165) is 10.8 Å². The van der Waals surface area contributed by atoms with Crippen LogP contribution < -0.4 is 10.6 Å². The molecule has 0 saturated carbocycles. The number of nitrogens with one attached hydrogen (secondary N) is 2. The zero-order chi connectivity index (χ0) is 23.7. The van der Waals surface area contributed by atoms with Gasteiger partial charge in [0.2, 0.25) is 5.82 Å². The van der Waals surface area contributed by atoms with Crippen LogP contribution in [0.1, 0.15) is 20.7 Å². The summed E-state index contributed by atoms with van der Waals surface area (Å²) in [6, 6.07) is 18.0. The van der Waals surface area contributed by atoms with E-state index in [9.17, 15) is 31.5 Å². The number of halogens is 5. The van der Waals surface area contributed by atoms with E-state index in [0.29, 0.717) is 5.69 Å². The number of amides is 2. The van der Waals surface area contributed by atoms with Gasteiger partial charge in [-0.1, -0.05) is 36.4 Å². The Morgan fingerprint density at radius 2 is 1.15 bits per heavy atom. The fourth-order valence-electron chi connectivity index (χ4n) is 3.23. The lowest BCUT2D eigenvalue weighted by molar-refractivity contribution is 0.101. The van der Waals surface area contributed by atoms with E-state index in [-0.39, 0.29) is 11.3 Å². The van der Waals surface area contributed by atoms with Crippen LogP contribution >= 0.6 is 0 Å². The van der Waals surface area contributed by atoms with Gasteiger partial charge >= 0.3 is 0 Å². The van der Waals surface area contributed by atoms with E-state index < -0.39 is 46.5 Å². The molecule has 0 bridgehead atoms. The van der Waals surface area contributed by atoms with Crippen molar-refractivity contribution in [2.45, 2.75) is 0 Å². The number of hydrogen-bond acceptors (Lipinski definition) is 2. The van der Waals surface area contributed by atoms with Gasteiger partial charge in [0.05, 0.1) is 0 Å². The molecule has 9 heteroatoms. The summed E-state index contributed by atoms with van der Waals surface area (Å²) in [4.78, 5) is 24.7. The van der Waals surface area contributed by atoms with Crippen LogP contribution in [0.3, 0.4) is 0 Å². The molecule has 166 valence electrons. The predicted molar refractivity (Wildman–Crippen MR) is 113 cm³/mol. The van der Waals surface area contributed by atoms with E-state index >= 15 is 0 Å². The van der Waals surface area contributed by atoms with Crippen molar-refractivity contribution < 1.29 is 31.5 Å². The SMILES string of the molecule is O=C(Nc1cccc2ccccc12)c1ccc(NC(=O)c2c(F)c(F)c(F)c(F)c2F)cc1. The van der Waals surface area contributed by atoms with Crippen molar-refractivity contribution in [3.63, 3.8) is 0 Å². The van der Waals surface area contributed by atoms with Crippen molar-refractivity contribution in [1.29, 1.82) is 0 Å². The number of hydrogen-bond donors (Lipinski definition) is 2. The zero-order valence-corrected chi connectivity index (χ0v) is 16.6. The molecule has 4 aromatic rings. The van der Waals surface area contributed by atoms with Crippen molar-refractivity contribution in [1.82, 2.24) is 0 Å². The molecule has 0 saturated heterocycles. The van der Waals surface area contributed by atoms with Gasteiger partial charge < -0.3 is 10.6 Å². The third-order valence-electron chi connectivity index (χ3n) is 4.88. The van der Waals surface area contributed by atoms with Crippen LogP contribution in [-0.4, -0.2) is 11.8 Å². The van der Waals surface area contributed by atoms with Crippen LogP contribution in [0.25, 0.3) is 10.8 Å². The van der Waals surface area contributed by atoms with Gasteiger partial charge in [0.1, 0.15) is 5.56 Å². The minimum absolute atomic E-state index is 0.0225. The second-order valence-electron chi connectivity index (χ2n) is 6.96. The molecular formula is C24H13F5N2O2. The lowest BCUT2D eigenvalue weighted by Crippen LogP contribution is -2.19. The summed E-state index contributed by atoms with van der Waals surface area (Å²) in [5, 5.41) is 6.59. The number of anilines is 2. The first-order chi connectivity index (χ1) is 15.8. The molecule has 0 radical (unpaired) electrons. The maximum Gasteiger partial charge on any atom is 0.261 e. The van der Waals surface area contributed by atoms with Crippen LogP contribution in [0.4, 0.5) is 33.3 Å². The van der Waals surface area contributed by atoms with Gasteiger partial charge in [-0.3, -0.25) is 9.59 Å². The molecule has 33 heavy (non-hydrogen) atoms. The average molecular weight is 456 g/mol. The number of benzene rings is 4. The number of carbonyl (C=O) groups is 2. The molecule has 0 spiro atoms. The van der Waals surface area contributed by atoms with Crippen molar-refractivity contribution in [2.24, 2.45) is 0 Å². The quantitative estimate of drug-likeness (QED) is 0.224. The second kappa shape index (κ2) is 8.70. The average Bonchev–Trinajstić information content (AvgIpc) is 2.82. The molecule has 0 heterocycles. The third-order valence-corrected chi connectivity index (χ3v) is 4.88. The topological polar surface area (TPSA) is 58.2 Å². The van der Waals surface area contributed by atoms with Crippen LogP contribution in [0.5, 0.6) is 0 Å². The summed E-state index contributed by atoms with van der Waals surface area (Å²) in [7, 11) is 0. The Morgan fingerprint density at radius 1 is 0.576 bits per heavy atom. The van der Waals surface area contributed by atoms with Crippen LogP contribution in [-0.2, 0) is 0 Å². The highest BCUT2D eigenvalue weighted by atomic mass is 19.2. The van der Waals surface area contributed by atoms with Gasteiger partial charge in [0.25, 0.3) is 11.8 Å². The third kappa shape index (κ3) is 4.12. The molecule has 0 aliphatic heterocycles. The van der Waals surface area contributed by atoms with Crippen molar-refractivity contribution in [2.75, 3.05) is 10.6 Å². The summed E-state index contributed by atoms with van der Waals surface area (Å²) in [5.41, 5.74) is -0.839. The van der Waals surface area contributed by atoms with Gasteiger partial charge in [-0.2, -0.15) is 0 Å². The first-order valence-corrected chi connectivity index (χ1v) is 9.50. The van der Waals surface area contributed by atoms with Crippen molar-refractivity contribution in [3.05, 3.63) is 107 Å². The smallest absolute Gasteiger partial charge is 0.261 e. The lowest BCUT2D eigenvalue weighted by atomic mass is 10.1. The minimum Gasteiger partial charge on any atom is -0.322 e. The zero-order valence-electron chi connectivity index (χ0n) is 16.6. The Morgan fingerprint density at radius 3 is 1.82 bits per heavy atom. The highest BCUT2D eigenvalue weighted by molar-refractivity contribution is 6.09. The maximum absolute atomic E-state index is 13.8. The van der Waals surface area contributed by atoms with E-state index in [4.69, 9.17) is 0 Å². The monoisotopic (exact) mass is 456 g/mol.